The minimum Gasteiger partial charge on any atom is -0.494 e. The molecule has 26 heavy (non-hydrogen) atoms. The fourth-order valence-electron chi connectivity index (χ4n) is 2.66. The van der Waals surface area contributed by atoms with Crippen molar-refractivity contribution >= 4 is 60.9 Å². The molecule has 140 valence electrons. The van der Waals surface area contributed by atoms with Crippen molar-refractivity contribution in [3.05, 3.63) is 18.2 Å². The first-order valence-corrected chi connectivity index (χ1v) is 10.8. The Morgan fingerprint density at radius 3 is 2.96 bits per heavy atom. The number of piperazine rings is 1. The first kappa shape index (κ1) is 19.3. The smallest absolute Gasteiger partial charge is 0.236 e. The molecule has 0 bridgehead atoms. The van der Waals surface area contributed by atoms with E-state index in [1.165, 1.54) is 28.0 Å². The number of likely N-dealkylation sites (N-methyl/N-ethyl adjacent to an activating group) is 1. The summed E-state index contributed by atoms with van der Waals surface area (Å²) in [6.45, 7) is 6.66. The number of hydrogen-bond donors (Lipinski definition) is 2. The molecular weight excluding hydrogens is 388 g/mol. The van der Waals surface area contributed by atoms with Crippen LogP contribution in [0.2, 0.25) is 0 Å². The monoisotopic (exact) mass is 411 g/mol. The molecule has 0 unspecified atom stereocenters. The SMILES string of the molecule is CCOc1ccc2nc(NC(=O)CSC(=S)N3CC[NH+](C)CC3)sc2c1. The van der Waals surface area contributed by atoms with E-state index in [1.54, 1.807) is 0 Å². The Kier molecular flexibility index (Phi) is 6.68. The number of amides is 1. The lowest BCUT2D eigenvalue weighted by molar-refractivity contribution is -0.883. The van der Waals surface area contributed by atoms with E-state index in [9.17, 15) is 4.79 Å². The Hall–Kier alpha value is -1.42. The maximum absolute atomic E-state index is 12.2. The van der Waals surface area contributed by atoms with Gasteiger partial charge in [0.2, 0.25) is 5.91 Å². The van der Waals surface area contributed by atoms with E-state index < -0.39 is 0 Å². The van der Waals surface area contributed by atoms with Crippen LogP contribution in [0.1, 0.15) is 6.92 Å². The van der Waals surface area contributed by atoms with Gasteiger partial charge in [-0.25, -0.2) is 4.98 Å². The van der Waals surface area contributed by atoms with E-state index in [-0.39, 0.29) is 5.91 Å². The van der Waals surface area contributed by atoms with Gasteiger partial charge in [0.1, 0.15) is 10.1 Å². The number of anilines is 1. The minimum atomic E-state index is -0.0822. The number of fused-ring (bicyclic) bond motifs is 1. The molecule has 2 N–H and O–H groups in total. The Labute approximate surface area is 166 Å². The summed E-state index contributed by atoms with van der Waals surface area (Å²) in [6.07, 6.45) is 0. The van der Waals surface area contributed by atoms with Crippen LogP contribution in [0.4, 0.5) is 5.13 Å². The lowest BCUT2D eigenvalue weighted by atomic mass is 10.3. The number of quaternary nitrogens is 1. The van der Waals surface area contributed by atoms with Crippen molar-refractivity contribution in [3.63, 3.8) is 0 Å². The summed E-state index contributed by atoms with van der Waals surface area (Å²) in [4.78, 5) is 20.4. The van der Waals surface area contributed by atoms with Gasteiger partial charge in [0.15, 0.2) is 5.13 Å². The normalized spacial score (nSPS) is 15.2. The average molecular weight is 412 g/mol. The van der Waals surface area contributed by atoms with Crippen molar-refractivity contribution in [2.75, 3.05) is 50.9 Å². The molecule has 9 heteroatoms. The minimum absolute atomic E-state index is 0.0822. The second-order valence-corrected chi connectivity index (χ2v) is 8.77. The summed E-state index contributed by atoms with van der Waals surface area (Å²) < 4.78 is 7.30. The van der Waals surface area contributed by atoms with Gasteiger partial charge in [0.25, 0.3) is 0 Å². The number of hydrogen-bond acceptors (Lipinski definition) is 6. The summed E-state index contributed by atoms with van der Waals surface area (Å²) in [5, 5.41) is 3.48. The molecule has 0 atom stereocenters. The van der Waals surface area contributed by atoms with Crippen LogP contribution in [0, 0.1) is 0 Å². The van der Waals surface area contributed by atoms with Gasteiger partial charge in [-0.1, -0.05) is 35.3 Å². The lowest BCUT2D eigenvalue weighted by Gasteiger charge is -2.31. The van der Waals surface area contributed by atoms with Gasteiger partial charge in [-0.05, 0) is 25.1 Å². The van der Waals surface area contributed by atoms with E-state index in [2.05, 4.69) is 22.2 Å². The van der Waals surface area contributed by atoms with Crippen LogP contribution in [0.25, 0.3) is 10.2 Å². The fourth-order valence-corrected chi connectivity index (χ4v) is 4.62. The Balaban J connectivity index is 1.51. The number of carbonyl (C=O) groups is 1. The first-order valence-electron chi connectivity index (χ1n) is 8.61. The molecule has 1 fully saturated rings. The number of aromatic nitrogens is 1. The number of thioether (sulfide) groups is 1. The van der Waals surface area contributed by atoms with Crippen molar-refractivity contribution in [1.82, 2.24) is 9.88 Å². The third kappa shape index (κ3) is 5.06. The molecule has 0 radical (unpaired) electrons. The van der Waals surface area contributed by atoms with Crippen LogP contribution in [-0.2, 0) is 4.79 Å². The van der Waals surface area contributed by atoms with Crippen LogP contribution in [-0.4, -0.2) is 65.7 Å². The Morgan fingerprint density at radius 1 is 1.46 bits per heavy atom. The van der Waals surface area contributed by atoms with Crippen molar-refractivity contribution in [3.8, 4) is 5.75 Å². The molecule has 6 nitrogen and oxygen atoms in total. The van der Waals surface area contributed by atoms with Crippen LogP contribution in [0.5, 0.6) is 5.75 Å². The van der Waals surface area contributed by atoms with Crippen molar-refractivity contribution < 1.29 is 14.4 Å². The predicted octanol–water partition coefficient (Wildman–Crippen LogP) is 1.48. The van der Waals surface area contributed by atoms with Crippen LogP contribution >= 0.6 is 35.3 Å². The van der Waals surface area contributed by atoms with E-state index in [4.69, 9.17) is 17.0 Å². The zero-order chi connectivity index (χ0) is 18.5. The zero-order valence-electron chi connectivity index (χ0n) is 14.9. The van der Waals surface area contributed by atoms with Crippen LogP contribution in [0.3, 0.4) is 0 Å². The average Bonchev–Trinajstić information content (AvgIpc) is 3.02. The molecule has 1 aliphatic heterocycles. The highest BCUT2D eigenvalue weighted by Crippen LogP contribution is 2.29. The Morgan fingerprint density at radius 2 is 2.23 bits per heavy atom. The molecule has 3 rings (SSSR count). The molecule has 2 heterocycles. The maximum atomic E-state index is 12.2. The van der Waals surface area contributed by atoms with Gasteiger partial charge in [0.05, 0.1) is 55.8 Å². The van der Waals surface area contributed by atoms with Gasteiger partial charge >= 0.3 is 0 Å². The van der Waals surface area contributed by atoms with Crippen LogP contribution < -0.4 is 15.0 Å². The third-order valence-electron chi connectivity index (χ3n) is 4.12. The highest BCUT2D eigenvalue weighted by atomic mass is 32.2. The number of thiocarbonyl (C=S) groups is 1. The number of benzene rings is 1. The molecule has 0 saturated carbocycles. The van der Waals surface area contributed by atoms with Crippen LogP contribution in [0.15, 0.2) is 18.2 Å². The summed E-state index contributed by atoms with van der Waals surface area (Å²) in [7, 11) is 2.19. The van der Waals surface area contributed by atoms with Gasteiger partial charge in [0, 0.05) is 0 Å². The topological polar surface area (TPSA) is 58.9 Å². The largest absolute Gasteiger partial charge is 0.494 e. The van der Waals surface area contributed by atoms with E-state index in [0.29, 0.717) is 17.5 Å². The highest BCUT2D eigenvalue weighted by Gasteiger charge is 2.20. The van der Waals surface area contributed by atoms with E-state index in [1.807, 2.05) is 25.1 Å². The van der Waals surface area contributed by atoms with E-state index in [0.717, 1.165) is 46.5 Å². The number of ether oxygens (including phenoxy) is 1. The first-order chi connectivity index (χ1) is 12.5. The summed E-state index contributed by atoms with van der Waals surface area (Å²) in [5.74, 6) is 1.04. The lowest BCUT2D eigenvalue weighted by Crippen LogP contribution is -3.12. The number of nitrogens with zero attached hydrogens (tertiary/aromatic N) is 2. The number of carbonyl (C=O) groups excluding carboxylic acids is 1. The molecule has 1 aromatic heterocycles. The van der Waals surface area contributed by atoms with E-state index >= 15 is 0 Å². The quantitative estimate of drug-likeness (QED) is 0.727. The third-order valence-corrected chi connectivity index (χ3v) is 6.58. The Bertz CT molecular complexity index is 787. The van der Waals surface area contributed by atoms with Crippen molar-refractivity contribution in [2.24, 2.45) is 0 Å². The molecule has 1 aliphatic rings. The van der Waals surface area contributed by atoms with Gasteiger partial charge in [-0.2, -0.15) is 0 Å². The molecule has 1 aromatic carbocycles. The second-order valence-electron chi connectivity index (χ2n) is 6.13. The van der Waals surface area contributed by atoms with Crippen molar-refractivity contribution in [1.29, 1.82) is 0 Å². The summed E-state index contributed by atoms with van der Waals surface area (Å²) >= 11 is 8.33. The molecule has 0 spiro atoms. The van der Waals surface area contributed by atoms with Gasteiger partial charge in [-0.15, -0.1) is 0 Å². The zero-order valence-corrected chi connectivity index (χ0v) is 17.4. The number of rotatable bonds is 5. The fraction of sp³-hybridized carbons (Fsp3) is 0.471. The predicted molar refractivity (Wildman–Crippen MR) is 113 cm³/mol. The summed E-state index contributed by atoms with van der Waals surface area (Å²) in [5.41, 5.74) is 0.858. The molecule has 1 saturated heterocycles. The second kappa shape index (κ2) is 8.98. The number of nitrogens with one attached hydrogen (secondary N) is 2. The summed E-state index contributed by atoms with van der Waals surface area (Å²) in [6, 6.07) is 5.75. The standard InChI is InChI=1S/C17H22N4O2S3/c1-3-23-12-4-5-13-14(10-12)26-16(18-13)19-15(22)11-25-17(24)21-8-6-20(2)7-9-21/h4-5,10H,3,6-9,11H2,1-2H3,(H,18,19,22)/p+1. The molecule has 1 amide bonds. The molecule has 2 aromatic rings. The molecule has 0 aliphatic carbocycles. The maximum Gasteiger partial charge on any atom is 0.236 e. The molecular formula is C17H23N4O2S3+. The van der Waals surface area contributed by atoms with Gasteiger partial charge < -0.3 is 19.9 Å². The number of thiazole rings is 1. The van der Waals surface area contributed by atoms with Crippen molar-refractivity contribution in [2.45, 2.75) is 6.92 Å². The highest BCUT2D eigenvalue weighted by molar-refractivity contribution is 8.23. The van der Waals surface area contributed by atoms with Gasteiger partial charge in [-0.3, -0.25) is 4.79 Å².